The zero-order chi connectivity index (χ0) is 16.8. The predicted octanol–water partition coefficient (Wildman–Crippen LogP) is 1.25. The number of hydrogen-bond acceptors (Lipinski definition) is 7. The highest BCUT2D eigenvalue weighted by Gasteiger charge is 2.24. The summed E-state index contributed by atoms with van der Waals surface area (Å²) in [4.78, 5) is 46.1. The Kier molecular flexibility index (Phi) is 5.52. The number of anilines is 1. The third-order valence-corrected chi connectivity index (χ3v) is 3.80. The van der Waals surface area contributed by atoms with E-state index in [0.29, 0.717) is 12.3 Å². The Hall–Kier alpha value is -2.62. The quantitative estimate of drug-likeness (QED) is 0.470. The van der Waals surface area contributed by atoms with Gasteiger partial charge >= 0.3 is 5.97 Å². The molecular weight excluding hydrogens is 326 g/mol. The number of nitrogens with one attached hydrogen (secondary N) is 1. The molecule has 1 aliphatic heterocycles. The van der Waals surface area contributed by atoms with Gasteiger partial charge in [0.05, 0.1) is 4.92 Å². The van der Waals surface area contributed by atoms with E-state index in [-0.39, 0.29) is 23.2 Å². The van der Waals surface area contributed by atoms with Crippen LogP contribution in [-0.2, 0) is 14.3 Å². The second-order valence-electron chi connectivity index (χ2n) is 4.52. The number of carbonyl (C=O) groups excluding carboxylic acids is 3. The van der Waals surface area contributed by atoms with Crippen LogP contribution in [0.2, 0.25) is 0 Å². The molecule has 1 saturated heterocycles. The third-order valence-electron chi connectivity index (χ3n) is 2.90. The molecule has 2 amide bonds. The highest BCUT2D eigenvalue weighted by Crippen LogP contribution is 2.23. The number of thioether (sulfide) groups is 1. The van der Waals surface area contributed by atoms with Gasteiger partial charge in [-0.1, -0.05) is 23.9 Å². The minimum absolute atomic E-state index is 0.0182. The largest absolute Gasteiger partial charge is 0.454 e. The van der Waals surface area contributed by atoms with Crippen molar-refractivity contribution in [1.29, 1.82) is 0 Å². The first-order valence-electron chi connectivity index (χ1n) is 6.58. The van der Waals surface area contributed by atoms with E-state index in [1.807, 2.05) is 0 Å². The van der Waals surface area contributed by atoms with Gasteiger partial charge < -0.3 is 15.0 Å². The lowest BCUT2D eigenvalue weighted by molar-refractivity contribution is -0.383. The SMILES string of the molecule is O=C(COC(=O)CN1CCSC1=O)Nc1ccccc1[N+](=O)[O-]. The third kappa shape index (κ3) is 4.68. The Labute approximate surface area is 135 Å². The number of hydrogen-bond donors (Lipinski definition) is 1. The van der Waals surface area contributed by atoms with Gasteiger partial charge in [-0.15, -0.1) is 0 Å². The van der Waals surface area contributed by atoms with Crippen molar-refractivity contribution in [2.75, 3.05) is 30.8 Å². The van der Waals surface area contributed by atoms with Crippen molar-refractivity contribution in [2.24, 2.45) is 0 Å². The van der Waals surface area contributed by atoms with Crippen molar-refractivity contribution >= 4 is 40.3 Å². The van der Waals surface area contributed by atoms with Crippen LogP contribution in [0.1, 0.15) is 0 Å². The predicted molar refractivity (Wildman–Crippen MR) is 82.1 cm³/mol. The molecule has 0 bridgehead atoms. The molecule has 1 aromatic rings. The highest BCUT2D eigenvalue weighted by molar-refractivity contribution is 8.13. The molecule has 0 radical (unpaired) electrons. The Balaban J connectivity index is 1.82. The number of nitro groups is 1. The van der Waals surface area contributed by atoms with Gasteiger partial charge in [-0.2, -0.15) is 0 Å². The Morgan fingerprint density at radius 3 is 2.78 bits per heavy atom. The average molecular weight is 339 g/mol. The van der Waals surface area contributed by atoms with Crippen molar-refractivity contribution in [2.45, 2.75) is 0 Å². The normalized spacial score (nSPS) is 13.7. The van der Waals surface area contributed by atoms with E-state index in [2.05, 4.69) is 5.32 Å². The van der Waals surface area contributed by atoms with Crippen LogP contribution in [0.4, 0.5) is 16.2 Å². The van der Waals surface area contributed by atoms with Crippen molar-refractivity contribution < 1.29 is 24.0 Å². The first-order chi connectivity index (χ1) is 11.0. The number of para-hydroxylation sites is 2. The molecule has 2 rings (SSSR count). The van der Waals surface area contributed by atoms with Gasteiger partial charge in [-0.25, -0.2) is 0 Å². The number of amides is 2. The molecule has 23 heavy (non-hydrogen) atoms. The topological polar surface area (TPSA) is 119 Å². The molecule has 122 valence electrons. The van der Waals surface area contributed by atoms with Crippen molar-refractivity contribution in [3.05, 3.63) is 34.4 Å². The maximum absolute atomic E-state index is 11.7. The second kappa shape index (κ2) is 7.58. The molecule has 10 heteroatoms. The van der Waals surface area contributed by atoms with Crippen LogP contribution < -0.4 is 5.32 Å². The summed E-state index contributed by atoms with van der Waals surface area (Å²) in [5.41, 5.74) is -0.239. The molecule has 1 N–H and O–H groups in total. The standard InChI is InChI=1S/C13H13N3O6S/c17-11(14-9-3-1-2-4-10(9)16(20)21)8-22-12(18)7-15-5-6-23-13(15)19/h1-4H,5-8H2,(H,14,17). The summed E-state index contributed by atoms with van der Waals surface area (Å²) in [6.45, 7) is -0.342. The van der Waals surface area contributed by atoms with Gasteiger partial charge in [-0.3, -0.25) is 24.5 Å². The molecule has 0 spiro atoms. The molecule has 1 aliphatic rings. The van der Waals surface area contributed by atoms with Gasteiger partial charge in [-0.05, 0) is 6.07 Å². The fourth-order valence-electron chi connectivity index (χ4n) is 1.84. The highest BCUT2D eigenvalue weighted by atomic mass is 32.2. The summed E-state index contributed by atoms with van der Waals surface area (Å²) in [7, 11) is 0. The molecule has 0 unspecified atom stereocenters. The van der Waals surface area contributed by atoms with E-state index < -0.39 is 23.4 Å². The van der Waals surface area contributed by atoms with Crippen molar-refractivity contribution in [1.82, 2.24) is 4.90 Å². The maximum Gasteiger partial charge on any atom is 0.326 e. The van der Waals surface area contributed by atoms with Crippen molar-refractivity contribution in [3.8, 4) is 0 Å². The number of ether oxygens (including phenoxy) is 1. The Morgan fingerprint density at radius 2 is 2.13 bits per heavy atom. The second-order valence-corrected chi connectivity index (χ2v) is 5.57. The average Bonchev–Trinajstić information content (AvgIpc) is 2.91. The lowest BCUT2D eigenvalue weighted by Crippen LogP contribution is -2.32. The Morgan fingerprint density at radius 1 is 1.39 bits per heavy atom. The first kappa shape index (κ1) is 16.7. The minimum atomic E-state index is -0.710. The summed E-state index contributed by atoms with van der Waals surface area (Å²) in [6.07, 6.45) is 0. The number of esters is 1. The molecule has 0 aliphatic carbocycles. The molecule has 0 atom stereocenters. The van der Waals surface area contributed by atoms with Crippen molar-refractivity contribution in [3.63, 3.8) is 0 Å². The van der Waals surface area contributed by atoms with Crippen LogP contribution in [0.15, 0.2) is 24.3 Å². The minimum Gasteiger partial charge on any atom is -0.454 e. The number of benzene rings is 1. The Bertz CT molecular complexity index is 650. The van der Waals surface area contributed by atoms with E-state index in [1.54, 1.807) is 0 Å². The molecule has 1 fully saturated rings. The van der Waals surface area contributed by atoms with Crippen LogP contribution in [0.25, 0.3) is 0 Å². The van der Waals surface area contributed by atoms with Crippen LogP contribution in [-0.4, -0.2) is 52.4 Å². The zero-order valence-electron chi connectivity index (χ0n) is 11.9. The van der Waals surface area contributed by atoms with Gasteiger partial charge in [0.25, 0.3) is 16.8 Å². The molecular formula is C13H13N3O6S. The van der Waals surface area contributed by atoms with Gasteiger partial charge in [0.2, 0.25) is 0 Å². The summed E-state index contributed by atoms with van der Waals surface area (Å²) in [5.74, 6) is -0.794. The van der Waals surface area contributed by atoms with E-state index >= 15 is 0 Å². The smallest absolute Gasteiger partial charge is 0.326 e. The van der Waals surface area contributed by atoms with Crippen LogP contribution in [0, 0.1) is 10.1 Å². The summed E-state index contributed by atoms with van der Waals surface area (Å²) < 4.78 is 4.76. The van der Waals surface area contributed by atoms with E-state index in [4.69, 9.17) is 4.74 Å². The van der Waals surface area contributed by atoms with Crippen LogP contribution in [0.3, 0.4) is 0 Å². The van der Waals surface area contributed by atoms with E-state index in [1.165, 1.54) is 29.2 Å². The molecule has 0 aromatic heterocycles. The fraction of sp³-hybridized carbons (Fsp3) is 0.308. The van der Waals surface area contributed by atoms with Crippen LogP contribution in [0.5, 0.6) is 0 Å². The maximum atomic E-state index is 11.7. The fourth-order valence-corrected chi connectivity index (χ4v) is 2.67. The van der Waals surface area contributed by atoms with Gasteiger partial charge in [0.1, 0.15) is 12.2 Å². The molecule has 1 aromatic carbocycles. The number of nitrogens with zero attached hydrogens (tertiary/aromatic N) is 2. The number of carbonyl (C=O) groups is 3. The van der Waals surface area contributed by atoms with E-state index in [0.717, 1.165) is 11.8 Å². The summed E-state index contributed by atoms with van der Waals surface area (Å²) in [5, 5.41) is 12.9. The summed E-state index contributed by atoms with van der Waals surface area (Å²) >= 11 is 1.11. The van der Waals surface area contributed by atoms with Crippen LogP contribution >= 0.6 is 11.8 Å². The first-order valence-corrected chi connectivity index (χ1v) is 7.56. The number of nitro benzene ring substituents is 1. The monoisotopic (exact) mass is 339 g/mol. The molecule has 9 nitrogen and oxygen atoms in total. The lowest BCUT2D eigenvalue weighted by Gasteiger charge is -2.13. The molecule has 0 saturated carbocycles. The van der Waals surface area contributed by atoms with E-state index in [9.17, 15) is 24.5 Å². The lowest BCUT2D eigenvalue weighted by atomic mass is 10.2. The zero-order valence-corrected chi connectivity index (χ0v) is 12.7. The van der Waals surface area contributed by atoms with Gasteiger partial charge in [0.15, 0.2) is 6.61 Å². The summed E-state index contributed by atoms with van der Waals surface area (Å²) in [6, 6.07) is 5.63. The number of rotatable bonds is 6. The van der Waals surface area contributed by atoms with Gasteiger partial charge in [0, 0.05) is 18.4 Å². The molecule has 1 heterocycles.